The van der Waals surface area contributed by atoms with Crippen LogP contribution in [0.25, 0.3) is 0 Å². The zero-order valence-corrected chi connectivity index (χ0v) is 13.6. The molecule has 0 N–H and O–H groups in total. The van der Waals surface area contributed by atoms with E-state index in [2.05, 4.69) is 0 Å². The van der Waals surface area contributed by atoms with Crippen LogP contribution in [0.4, 0.5) is 0 Å². The van der Waals surface area contributed by atoms with E-state index in [-0.39, 0.29) is 31.4 Å². The van der Waals surface area contributed by atoms with Gasteiger partial charge in [-0.2, -0.15) is 0 Å². The minimum atomic E-state index is -0.329. The van der Waals surface area contributed by atoms with E-state index in [0.29, 0.717) is 15.6 Å². The topological polar surface area (TPSA) is 52.6 Å². The maximum atomic E-state index is 11.6. The molecule has 2 rings (SSSR count). The number of thiophene rings is 1. The highest BCUT2D eigenvalue weighted by Gasteiger charge is 2.06. The van der Waals surface area contributed by atoms with Gasteiger partial charge >= 0.3 is 5.97 Å². The molecular formula is C16H15ClO4S. The summed E-state index contributed by atoms with van der Waals surface area (Å²) in [6, 6.07) is 10.4. The van der Waals surface area contributed by atoms with Crippen molar-refractivity contribution in [1.82, 2.24) is 0 Å². The maximum absolute atomic E-state index is 11.6. The van der Waals surface area contributed by atoms with Crippen molar-refractivity contribution < 1.29 is 19.1 Å². The number of ketones is 1. The summed E-state index contributed by atoms with van der Waals surface area (Å²) in [5.74, 6) is 0.288. The fourth-order valence-electron chi connectivity index (χ4n) is 1.69. The lowest BCUT2D eigenvalue weighted by molar-refractivity contribution is -0.145. The number of benzene rings is 1. The van der Waals surface area contributed by atoms with Crippen molar-refractivity contribution in [2.45, 2.75) is 20.0 Å². The van der Waals surface area contributed by atoms with Crippen molar-refractivity contribution in [2.24, 2.45) is 0 Å². The largest absolute Gasteiger partial charge is 0.493 e. The number of rotatable bonds is 7. The molecule has 0 fully saturated rings. The van der Waals surface area contributed by atoms with E-state index in [0.717, 1.165) is 4.88 Å². The van der Waals surface area contributed by atoms with Crippen LogP contribution in [0.1, 0.15) is 28.6 Å². The van der Waals surface area contributed by atoms with Gasteiger partial charge in [0.05, 0.1) is 17.4 Å². The van der Waals surface area contributed by atoms with Crippen LogP contribution in [-0.2, 0) is 16.1 Å². The van der Waals surface area contributed by atoms with Crippen molar-refractivity contribution in [2.75, 3.05) is 6.61 Å². The Morgan fingerprint density at radius 3 is 2.45 bits per heavy atom. The molecule has 0 spiro atoms. The first-order valence-corrected chi connectivity index (χ1v) is 7.87. The van der Waals surface area contributed by atoms with Gasteiger partial charge in [-0.25, -0.2) is 0 Å². The third kappa shape index (κ3) is 5.16. The van der Waals surface area contributed by atoms with Gasteiger partial charge in [-0.15, -0.1) is 11.3 Å². The highest BCUT2D eigenvalue weighted by molar-refractivity contribution is 7.16. The number of Topliss-reactive ketones (excluding diaryl/α,β-unsaturated/α-hetero) is 1. The first kappa shape index (κ1) is 16.5. The van der Waals surface area contributed by atoms with E-state index in [9.17, 15) is 9.59 Å². The average molecular weight is 339 g/mol. The third-order valence-electron chi connectivity index (χ3n) is 2.84. The molecule has 0 aliphatic carbocycles. The summed E-state index contributed by atoms with van der Waals surface area (Å²) in [5.41, 5.74) is 0.626. The van der Waals surface area contributed by atoms with Gasteiger partial charge in [-0.05, 0) is 43.3 Å². The van der Waals surface area contributed by atoms with Gasteiger partial charge in [0.25, 0.3) is 0 Å². The van der Waals surface area contributed by atoms with Gasteiger partial charge in [0, 0.05) is 10.4 Å². The molecule has 0 aliphatic rings. The van der Waals surface area contributed by atoms with E-state index in [4.69, 9.17) is 21.1 Å². The van der Waals surface area contributed by atoms with Crippen LogP contribution in [-0.4, -0.2) is 18.4 Å². The molecule has 6 heteroatoms. The fourth-order valence-corrected chi connectivity index (χ4v) is 2.69. The predicted octanol–water partition coefficient (Wildman–Crippen LogP) is 4.12. The van der Waals surface area contributed by atoms with E-state index in [1.165, 1.54) is 18.3 Å². The second-order valence-electron chi connectivity index (χ2n) is 4.55. The highest BCUT2D eigenvalue weighted by atomic mass is 35.5. The van der Waals surface area contributed by atoms with Crippen molar-refractivity contribution in [3.63, 3.8) is 0 Å². The first-order valence-electron chi connectivity index (χ1n) is 6.68. The minimum Gasteiger partial charge on any atom is -0.493 e. The van der Waals surface area contributed by atoms with Gasteiger partial charge in [0.2, 0.25) is 0 Å². The zero-order chi connectivity index (χ0) is 15.9. The molecular weight excluding hydrogens is 324 g/mol. The van der Waals surface area contributed by atoms with Crippen LogP contribution >= 0.6 is 22.9 Å². The molecule has 1 aromatic carbocycles. The van der Waals surface area contributed by atoms with E-state index < -0.39 is 0 Å². The Bertz CT molecular complexity index is 648. The lowest BCUT2D eigenvalue weighted by atomic mass is 10.1. The molecule has 0 saturated heterocycles. The van der Waals surface area contributed by atoms with Gasteiger partial charge in [0.1, 0.15) is 12.4 Å². The molecule has 0 radical (unpaired) electrons. The highest BCUT2D eigenvalue weighted by Crippen LogP contribution is 2.22. The molecule has 1 aromatic heterocycles. The Morgan fingerprint density at radius 2 is 1.86 bits per heavy atom. The molecule has 0 saturated carbocycles. The lowest BCUT2D eigenvalue weighted by Gasteiger charge is -2.07. The standard InChI is InChI=1S/C16H15ClO4S/c1-11(18)12-2-4-13(5-3-12)20-9-8-16(19)21-10-14-6-7-15(17)22-14/h2-7H,8-10H2,1H3. The Balaban J connectivity index is 1.69. The van der Waals surface area contributed by atoms with Crippen LogP contribution < -0.4 is 4.74 Å². The van der Waals surface area contributed by atoms with Crippen LogP contribution in [0.2, 0.25) is 4.34 Å². The van der Waals surface area contributed by atoms with Crippen LogP contribution in [0.3, 0.4) is 0 Å². The summed E-state index contributed by atoms with van der Waals surface area (Å²) < 4.78 is 11.2. The molecule has 0 atom stereocenters. The molecule has 22 heavy (non-hydrogen) atoms. The number of carbonyl (C=O) groups excluding carboxylic acids is 2. The van der Waals surface area contributed by atoms with E-state index in [1.54, 1.807) is 30.3 Å². The molecule has 1 heterocycles. The Hall–Kier alpha value is -1.85. The number of esters is 1. The van der Waals surface area contributed by atoms with Crippen LogP contribution in [0.15, 0.2) is 36.4 Å². The normalized spacial score (nSPS) is 10.3. The lowest BCUT2D eigenvalue weighted by Crippen LogP contribution is -2.09. The fraction of sp³-hybridized carbons (Fsp3) is 0.250. The number of carbonyl (C=O) groups is 2. The van der Waals surface area contributed by atoms with Crippen LogP contribution in [0, 0.1) is 0 Å². The molecule has 4 nitrogen and oxygen atoms in total. The van der Waals surface area contributed by atoms with E-state index in [1.807, 2.05) is 6.07 Å². The molecule has 0 unspecified atom stereocenters. The van der Waals surface area contributed by atoms with Gasteiger partial charge in [0.15, 0.2) is 5.78 Å². The smallest absolute Gasteiger partial charge is 0.309 e. The number of hydrogen-bond donors (Lipinski definition) is 0. The Morgan fingerprint density at radius 1 is 1.14 bits per heavy atom. The second kappa shape index (κ2) is 7.96. The van der Waals surface area contributed by atoms with Gasteiger partial charge in [-0.1, -0.05) is 11.6 Å². The first-order chi connectivity index (χ1) is 10.5. The summed E-state index contributed by atoms with van der Waals surface area (Å²) in [6.07, 6.45) is 0.160. The van der Waals surface area contributed by atoms with Crippen molar-refractivity contribution in [1.29, 1.82) is 0 Å². The Kier molecular flexibility index (Phi) is 5.98. The summed E-state index contributed by atoms with van der Waals surface area (Å²) >= 11 is 7.18. The van der Waals surface area contributed by atoms with Crippen LogP contribution in [0.5, 0.6) is 5.75 Å². The third-order valence-corrected chi connectivity index (χ3v) is 4.04. The van der Waals surface area contributed by atoms with Crippen molar-refractivity contribution >= 4 is 34.7 Å². The summed E-state index contributed by atoms with van der Waals surface area (Å²) in [6.45, 7) is 1.96. The monoisotopic (exact) mass is 338 g/mol. The van der Waals surface area contributed by atoms with Crippen molar-refractivity contribution in [3.05, 3.63) is 51.2 Å². The Labute approximate surface area is 137 Å². The number of ether oxygens (including phenoxy) is 2. The molecule has 0 bridgehead atoms. The SMILES string of the molecule is CC(=O)c1ccc(OCCC(=O)OCc2ccc(Cl)s2)cc1. The number of hydrogen-bond acceptors (Lipinski definition) is 5. The van der Waals surface area contributed by atoms with Gasteiger partial charge < -0.3 is 9.47 Å². The quantitative estimate of drug-likeness (QED) is 0.563. The second-order valence-corrected chi connectivity index (χ2v) is 6.35. The molecule has 2 aromatic rings. The predicted molar refractivity (Wildman–Crippen MR) is 85.7 cm³/mol. The van der Waals surface area contributed by atoms with Crippen molar-refractivity contribution in [3.8, 4) is 5.75 Å². The summed E-state index contributed by atoms with van der Waals surface area (Å²) in [5, 5.41) is 0. The average Bonchev–Trinajstić information content (AvgIpc) is 2.91. The van der Waals surface area contributed by atoms with Gasteiger partial charge in [-0.3, -0.25) is 9.59 Å². The summed E-state index contributed by atoms with van der Waals surface area (Å²) in [7, 11) is 0. The zero-order valence-electron chi connectivity index (χ0n) is 12.0. The molecule has 116 valence electrons. The maximum Gasteiger partial charge on any atom is 0.309 e. The minimum absolute atomic E-state index is 0.00353. The van der Waals surface area contributed by atoms with E-state index >= 15 is 0 Å². The molecule has 0 aliphatic heterocycles. The molecule has 0 amide bonds. The number of halogens is 1. The summed E-state index contributed by atoms with van der Waals surface area (Å²) in [4.78, 5) is 23.6.